The first kappa shape index (κ1) is 17.1. The van der Waals surface area contributed by atoms with Crippen LogP contribution in [0.15, 0.2) is 11.1 Å². The molecule has 0 aliphatic heterocycles. The topological polar surface area (TPSA) is 101 Å². The average molecular weight is 337 g/mol. The van der Waals surface area contributed by atoms with Crippen LogP contribution in [0.2, 0.25) is 0 Å². The Morgan fingerprint density at radius 3 is 2.70 bits per heavy atom. The molecule has 1 amide bonds. The maximum absolute atomic E-state index is 12.5. The van der Waals surface area contributed by atoms with E-state index >= 15 is 0 Å². The summed E-state index contributed by atoms with van der Waals surface area (Å²) in [6, 6.07) is -0.719. The number of aromatic nitrogens is 2. The summed E-state index contributed by atoms with van der Waals surface area (Å²) in [7, 11) is 1.29. The number of carbonyl (C=O) groups excluding carboxylic acids is 2. The number of ether oxygens (including phenoxy) is 1. The first-order valence-corrected chi connectivity index (χ1v) is 8.02. The number of nitrogens with zero attached hydrogens (tertiary/aromatic N) is 1. The molecule has 7 nitrogen and oxygen atoms in total. The third-order valence-electron chi connectivity index (χ3n) is 3.44. The van der Waals surface area contributed by atoms with Crippen molar-refractivity contribution in [1.29, 1.82) is 0 Å². The van der Waals surface area contributed by atoms with Gasteiger partial charge in [-0.1, -0.05) is 13.8 Å². The van der Waals surface area contributed by atoms with Gasteiger partial charge in [-0.15, -0.1) is 11.3 Å². The van der Waals surface area contributed by atoms with Gasteiger partial charge in [0.2, 0.25) is 0 Å². The van der Waals surface area contributed by atoms with E-state index in [1.54, 1.807) is 6.92 Å². The highest BCUT2D eigenvalue weighted by Crippen LogP contribution is 2.26. The number of esters is 1. The molecule has 2 heterocycles. The van der Waals surface area contributed by atoms with Crippen molar-refractivity contribution in [3.8, 4) is 0 Å². The maximum Gasteiger partial charge on any atom is 0.328 e. The molecule has 0 aliphatic rings. The van der Waals surface area contributed by atoms with Crippen LogP contribution in [-0.2, 0) is 9.53 Å². The largest absolute Gasteiger partial charge is 0.467 e. The molecule has 2 aromatic heterocycles. The Kier molecular flexibility index (Phi) is 5.15. The molecule has 0 saturated heterocycles. The minimum Gasteiger partial charge on any atom is -0.467 e. The molecule has 0 saturated carbocycles. The van der Waals surface area contributed by atoms with Gasteiger partial charge >= 0.3 is 5.97 Å². The molecule has 8 heteroatoms. The fourth-order valence-corrected chi connectivity index (χ4v) is 3.40. The fourth-order valence-electron chi connectivity index (χ4n) is 2.35. The van der Waals surface area contributed by atoms with Crippen LogP contribution in [0, 0.1) is 12.8 Å². The van der Waals surface area contributed by atoms with Crippen LogP contribution in [0.5, 0.6) is 0 Å². The van der Waals surface area contributed by atoms with Gasteiger partial charge in [0.1, 0.15) is 10.9 Å². The number of hydrogen-bond donors (Lipinski definition) is 2. The van der Waals surface area contributed by atoms with Crippen molar-refractivity contribution < 1.29 is 14.3 Å². The van der Waals surface area contributed by atoms with E-state index in [2.05, 4.69) is 15.3 Å². The number of H-pyrrole nitrogens is 1. The van der Waals surface area contributed by atoms with Crippen LogP contribution in [-0.4, -0.2) is 35.0 Å². The molecule has 1 atom stereocenters. The van der Waals surface area contributed by atoms with Crippen molar-refractivity contribution in [2.75, 3.05) is 7.11 Å². The standard InChI is InChI=1S/C15H19N3O4S/c1-7(2)5-9(15(21)22-4)18-13(20)11-8(3)10-12(19)16-6-17-14(10)23-11/h6-7,9H,5H2,1-4H3,(H,18,20)(H,16,17,19)/t9-/m0/s1. The zero-order valence-electron chi connectivity index (χ0n) is 13.4. The molecule has 0 radical (unpaired) electrons. The van der Waals surface area contributed by atoms with E-state index < -0.39 is 17.9 Å². The lowest BCUT2D eigenvalue weighted by molar-refractivity contribution is -0.143. The summed E-state index contributed by atoms with van der Waals surface area (Å²) in [5.41, 5.74) is 0.277. The van der Waals surface area contributed by atoms with Crippen LogP contribution < -0.4 is 10.9 Å². The lowest BCUT2D eigenvalue weighted by atomic mass is 10.0. The molecule has 0 aliphatic carbocycles. The zero-order chi connectivity index (χ0) is 17.1. The number of nitrogens with one attached hydrogen (secondary N) is 2. The third kappa shape index (κ3) is 3.58. The summed E-state index contributed by atoms with van der Waals surface area (Å²) in [6.45, 7) is 5.60. The highest BCUT2D eigenvalue weighted by Gasteiger charge is 2.26. The molecule has 0 aromatic carbocycles. The lowest BCUT2D eigenvalue weighted by Gasteiger charge is -2.18. The maximum atomic E-state index is 12.5. The van der Waals surface area contributed by atoms with Gasteiger partial charge in [0, 0.05) is 0 Å². The molecule has 2 rings (SSSR count). The van der Waals surface area contributed by atoms with Crippen LogP contribution >= 0.6 is 11.3 Å². The zero-order valence-corrected chi connectivity index (χ0v) is 14.2. The number of fused-ring (bicyclic) bond motifs is 1. The average Bonchev–Trinajstić information content (AvgIpc) is 2.83. The number of aryl methyl sites for hydroxylation is 1. The minimum atomic E-state index is -0.719. The second-order valence-electron chi connectivity index (χ2n) is 5.65. The van der Waals surface area contributed by atoms with Gasteiger partial charge in [-0.05, 0) is 24.8 Å². The SMILES string of the molecule is COC(=O)[C@H](CC(C)C)NC(=O)c1sc2nc[nH]c(=O)c2c1C. The molecule has 124 valence electrons. The van der Waals surface area contributed by atoms with E-state index in [-0.39, 0.29) is 11.5 Å². The predicted molar refractivity (Wildman–Crippen MR) is 87.7 cm³/mol. The third-order valence-corrected chi connectivity index (χ3v) is 4.64. The van der Waals surface area contributed by atoms with Crippen molar-refractivity contribution >= 4 is 33.4 Å². The normalized spacial score (nSPS) is 12.4. The van der Waals surface area contributed by atoms with E-state index in [0.29, 0.717) is 27.1 Å². The van der Waals surface area contributed by atoms with E-state index in [0.717, 1.165) is 11.3 Å². The number of hydrogen-bond acceptors (Lipinski definition) is 6. The van der Waals surface area contributed by atoms with Crippen molar-refractivity contribution in [3.05, 3.63) is 27.1 Å². The Balaban J connectivity index is 2.32. The van der Waals surface area contributed by atoms with Gasteiger partial charge in [-0.2, -0.15) is 0 Å². The number of methoxy groups -OCH3 is 1. The number of rotatable bonds is 5. The minimum absolute atomic E-state index is 0.215. The second kappa shape index (κ2) is 6.91. The van der Waals surface area contributed by atoms with Crippen molar-refractivity contribution in [3.63, 3.8) is 0 Å². The van der Waals surface area contributed by atoms with Gasteiger partial charge in [0.25, 0.3) is 11.5 Å². The summed E-state index contributed by atoms with van der Waals surface area (Å²) in [6.07, 6.45) is 1.78. The quantitative estimate of drug-likeness (QED) is 0.807. The Bertz CT molecular complexity index is 794. The first-order valence-electron chi connectivity index (χ1n) is 7.20. The molecule has 2 N–H and O–H groups in total. The Hall–Kier alpha value is -2.22. The van der Waals surface area contributed by atoms with Gasteiger partial charge in [0.15, 0.2) is 0 Å². The van der Waals surface area contributed by atoms with Crippen LogP contribution in [0.25, 0.3) is 10.2 Å². The Labute approximate surface area is 137 Å². The van der Waals surface area contributed by atoms with Crippen LogP contribution in [0.3, 0.4) is 0 Å². The number of aromatic amines is 1. The second-order valence-corrected chi connectivity index (χ2v) is 6.65. The molecule has 0 bridgehead atoms. The molecule has 0 fully saturated rings. The van der Waals surface area contributed by atoms with E-state index in [4.69, 9.17) is 4.74 Å². The predicted octanol–water partition coefficient (Wildman–Crippen LogP) is 1.61. The number of carbonyl (C=O) groups is 2. The monoisotopic (exact) mass is 337 g/mol. The van der Waals surface area contributed by atoms with Gasteiger partial charge in [-0.25, -0.2) is 9.78 Å². The van der Waals surface area contributed by atoms with E-state index in [1.165, 1.54) is 13.4 Å². The highest BCUT2D eigenvalue weighted by molar-refractivity contribution is 7.20. The number of amides is 1. The number of thiophene rings is 1. The summed E-state index contributed by atoms with van der Waals surface area (Å²) in [5.74, 6) is -0.671. The molecular formula is C15H19N3O4S. The first-order chi connectivity index (χ1) is 10.8. The van der Waals surface area contributed by atoms with Gasteiger partial charge in [-0.3, -0.25) is 9.59 Å². The summed E-state index contributed by atoms with van der Waals surface area (Å²) >= 11 is 1.13. The van der Waals surface area contributed by atoms with Gasteiger partial charge in [0.05, 0.1) is 23.7 Å². The van der Waals surface area contributed by atoms with Crippen molar-refractivity contribution in [1.82, 2.24) is 15.3 Å². The van der Waals surface area contributed by atoms with E-state index in [9.17, 15) is 14.4 Å². The van der Waals surface area contributed by atoms with E-state index in [1.807, 2.05) is 13.8 Å². The fraction of sp³-hybridized carbons (Fsp3) is 0.467. The van der Waals surface area contributed by atoms with Gasteiger partial charge < -0.3 is 15.0 Å². The Morgan fingerprint density at radius 2 is 2.13 bits per heavy atom. The molecule has 0 spiro atoms. The Morgan fingerprint density at radius 1 is 1.43 bits per heavy atom. The van der Waals surface area contributed by atoms with Crippen LogP contribution in [0.4, 0.5) is 0 Å². The summed E-state index contributed by atoms with van der Waals surface area (Å²) < 4.78 is 4.74. The van der Waals surface area contributed by atoms with Crippen LogP contribution in [0.1, 0.15) is 35.5 Å². The molecule has 2 aromatic rings. The summed E-state index contributed by atoms with van der Waals surface area (Å²) in [4.78, 5) is 43.6. The molecule has 0 unspecified atom stereocenters. The summed E-state index contributed by atoms with van der Waals surface area (Å²) in [5, 5.41) is 3.10. The molecule has 23 heavy (non-hydrogen) atoms. The highest BCUT2D eigenvalue weighted by atomic mass is 32.1. The van der Waals surface area contributed by atoms with Crippen molar-refractivity contribution in [2.24, 2.45) is 5.92 Å². The molecular weight excluding hydrogens is 318 g/mol. The smallest absolute Gasteiger partial charge is 0.328 e. The van der Waals surface area contributed by atoms with Crippen molar-refractivity contribution in [2.45, 2.75) is 33.2 Å². The lowest BCUT2D eigenvalue weighted by Crippen LogP contribution is -2.42.